The summed E-state index contributed by atoms with van der Waals surface area (Å²) < 4.78 is 5.66. The van der Waals surface area contributed by atoms with E-state index < -0.39 is 18.0 Å². The van der Waals surface area contributed by atoms with Crippen LogP contribution in [0.4, 0.5) is 5.69 Å². The van der Waals surface area contributed by atoms with Crippen molar-refractivity contribution in [2.45, 2.75) is 40.7 Å². The fourth-order valence-corrected chi connectivity index (χ4v) is 3.62. The van der Waals surface area contributed by atoms with E-state index in [4.69, 9.17) is 4.74 Å². The molecule has 1 atom stereocenters. The van der Waals surface area contributed by atoms with Crippen LogP contribution in [-0.2, 0) is 9.53 Å². The van der Waals surface area contributed by atoms with Gasteiger partial charge in [0.2, 0.25) is 6.10 Å². The van der Waals surface area contributed by atoms with E-state index in [9.17, 15) is 14.4 Å². The molecular weight excluding hydrogens is 392 g/mol. The zero-order valence-corrected chi connectivity index (χ0v) is 18.3. The minimum atomic E-state index is -1.16. The lowest BCUT2D eigenvalue weighted by Crippen LogP contribution is -2.26. The topological polar surface area (TPSA) is 88.3 Å². The molecular formula is C25H26N2O4. The molecule has 0 saturated carbocycles. The Morgan fingerprint density at radius 2 is 1.65 bits per heavy atom. The lowest BCUT2D eigenvalue weighted by molar-refractivity contribution is -0.125. The summed E-state index contributed by atoms with van der Waals surface area (Å²) in [4.78, 5) is 41.0. The summed E-state index contributed by atoms with van der Waals surface area (Å²) in [5.74, 6) is -1.29. The highest BCUT2D eigenvalue weighted by molar-refractivity contribution is 6.02. The first kappa shape index (κ1) is 22.0. The molecule has 0 aliphatic heterocycles. The Morgan fingerprint density at radius 3 is 2.26 bits per heavy atom. The number of aryl methyl sites for hydroxylation is 3. The van der Waals surface area contributed by atoms with Crippen LogP contribution in [0.3, 0.4) is 0 Å². The number of anilines is 1. The summed E-state index contributed by atoms with van der Waals surface area (Å²) >= 11 is 0. The van der Waals surface area contributed by atoms with Gasteiger partial charge in [0.15, 0.2) is 5.78 Å². The summed E-state index contributed by atoms with van der Waals surface area (Å²) in [6, 6.07) is 14.6. The highest BCUT2D eigenvalue weighted by Gasteiger charge is 2.29. The van der Waals surface area contributed by atoms with E-state index in [1.54, 1.807) is 38.1 Å². The third-order valence-electron chi connectivity index (χ3n) is 5.21. The second-order valence-corrected chi connectivity index (χ2v) is 7.68. The Morgan fingerprint density at radius 1 is 0.968 bits per heavy atom. The number of carbonyl (C=O) groups is 3. The van der Waals surface area contributed by atoms with Gasteiger partial charge in [-0.3, -0.25) is 9.59 Å². The Labute approximate surface area is 181 Å². The first-order valence-corrected chi connectivity index (χ1v) is 10.0. The number of esters is 1. The van der Waals surface area contributed by atoms with Gasteiger partial charge < -0.3 is 15.0 Å². The van der Waals surface area contributed by atoms with Crippen molar-refractivity contribution >= 4 is 23.3 Å². The molecule has 0 saturated heterocycles. The van der Waals surface area contributed by atoms with Crippen molar-refractivity contribution < 1.29 is 19.1 Å². The Kier molecular flexibility index (Phi) is 6.39. The largest absolute Gasteiger partial charge is 0.443 e. The average Bonchev–Trinajstić information content (AvgIpc) is 3.03. The fourth-order valence-electron chi connectivity index (χ4n) is 3.62. The number of aromatic amines is 1. The number of benzene rings is 2. The quantitative estimate of drug-likeness (QED) is 0.436. The molecule has 2 N–H and O–H groups in total. The lowest BCUT2D eigenvalue weighted by Gasteiger charge is -2.19. The third kappa shape index (κ3) is 4.74. The highest BCUT2D eigenvalue weighted by Crippen LogP contribution is 2.26. The number of rotatable bonds is 6. The van der Waals surface area contributed by atoms with E-state index in [1.165, 1.54) is 6.92 Å². The van der Waals surface area contributed by atoms with Crippen molar-refractivity contribution in [3.8, 4) is 0 Å². The van der Waals surface area contributed by atoms with Gasteiger partial charge in [0.25, 0.3) is 5.91 Å². The summed E-state index contributed by atoms with van der Waals surface area (Å²) in [6.45, 7) is 8.69. The van der Waals surface area contributed by atoms with E-state index in [2.05, 4.69) is 10.3 Å². The average molecular weight is 418 g/mol. The first-order valence-electron chi connectivity index (χ1n) is 10.0. The van der Waals surface area contributed by atoms with E-state index >= 15 is 0 Å². The van der Waals surface area contributed by atoms with Gasteiger partial charge in [0.1, 0.15) is 5.69 Å². The van der Waals surface area contributed by atoms with Gasteiger partial charge in [-0.15, -0.1) is 0 Å². The maximum Gasteiger partial charge on any atom is 0.356 e. The second kappa shape index (κ2) is 9.00. The summed E-state index contributed by atoms with van der Waals surface area (Å²) in [6.07, 6.45) is -1.16. The van der Waals surface area contributed by atoms with E-state index in [0.29, 0.717) is 28.1 Å². The number of carbonyl (C=O) groups excluding carboxylic acids is 3. The lowest BCUT2D eigenvalue weighted by atomic mass is 10.1. The molecule has 6 nitrogen and oxygen atoms in total. The number of hydrogen-bond donors (Lipinski definition) is 2. The third-order valence-corrected chi connectivity index (χ3v) is 5.21. The Bertz CT molecular complexity index is 1150. The number of Topliss-reactive ketones (excluding diaryl/α,β-unsaturated/α-hetero) is 1. The van der Waals surface area contributed by atoms with Crippen molar-refractivity contribution in [1.82, 2.24) is 4.98 Å². The van der Waals surface area contributed by atoms with Gasteiger partial charge >= 0.3 is 5.97 Å². The molecule has 0 unspecified atom stereocenters. The minimum absolute atomic E-state index is 0.141. The second-order valence-electron chi connectivity index (χ2n) is 7.68. The molecule has 6 heteroatoms. The van der Waals surface area contributed by atoms with E-state index in [1.807, 2.05) is 38.1 Å². The van der Waals surface area contributed by atoms with Crippen LogP contribution in [0.15, 0.2) is 48.5 Å². The molecule has 160 valence electrons. The molecule has 1 heterocycles. The normalized spacial score (nSPS) is 11.6. The maximum atomic E-state index is 13.2. The first-order chi connectivity index (χ1) is 14.7. The van der Waals surface area contributed by atoms with Gasteiger partial charge in [-0.2, -0.15) is 0 Å². The van der Waals surface area contributed by atoms with Gasteiger partial charge in [0.05, 0.1) is 0 Å². The molecule has 1 amide bonds. The zero-order chi connectivity index (χ0) is 22.7. The molecule has 0 aliphatic carbocycles. The van der Waals surface area contributed by atoms with Crippen LogP contribution in [0.2, 0.25) is 0 Å². The Balaban J connectivity index is 1.93. The van der Waals surface area contributed by atoms with Crippen molar-refractivity contribution in [1.29, 1.82) is 0 Å². The number of H-pyrrole nitrogens is 1. The highest BCUT2D eigenvalue weighted by atomic mass is 16.5. The molecule has 31 heavy (non-hydrogen) atoms. The van der Waals surface area contributed by atoms with Crippen molar-refractivity contribution in [2.24, 2.45) is 0 Å². The number of nitrogens with one attached hydrogen (secondary N) is 2. The van der Waals surface area contributed by atoms with E-state index in [0.717, 1.165) is 11.1 Å². The number of amides is 1. The Hall–Kier alpha value is -3.67. The van der Waals surface area contributed by atoms with Crippen molar-refractivity contribution in [3.05, 3.63) is 87.7 Å². The monoisotopic (exact) mass is 418 g/mol. The fraction of sp³-hybridized carbons (Fsp3) is 0.240. The molecule has 0 aliphatic rings. The van der Waals surface area contributed by atoms with Gasteiger partial charge in [0, 0.05) is 22.5 Å². The van der Waals surface area contributed by atoms with Gasteiger partial charge in [-0.05, 0) is 57.4 Å². The number of aromatic nitrogens is 1. The summed E-state index contributed by atoms with van der Waals surface area (Å²) in [5, 5.41) is 2.88. The summed E-state index contributed by atoms with van der Waals surface area (Å²) in [5.41, 5.74) is 4.84. The van der Waals surface area contributed by atoms with Crippen LogP contribution in [0.1, 0.15) is 61.8 Å². The molecule has 3 aromatic rings. The standard InChI is InChI=1S/C25H26N2O4/c1-14-11-12-15(2)20(13-14)27-24(29)23(19-9-7-6-8-10-19)31-25(30)22-16(3)21(18(5)28)17(4)26-22/h6-13,23,26H,1-5H3,(H,27,29)/t23-/m0/s1. The number of ketones is 1. The zero-order valence-electron chi connectivity index (χ0n) is 18.3. The molecule has 0 radical (unpaired) electrons. The van der Waals surface area contributed by atoms with Crippen LogP contribution < -0.4 is 5.32 Å². The van der Waals surface area contributed by atoms with Gasteiger partial charge in [-0.25, -0.2) is 4.79 Å². The number of ether oxygens (including phenoxy) is 1. The van der Waals surface area contributed by atoms with Crippen LogP contribution >= 0.6 is 0 Å². The predicted octanol–water partition coefficient (Wildman–Crippen LogP) is 4.99. The molecule has 0 spiro atoms. The SMILES string of the molecule is CC(=O)c1c(C)[nH]c(C(=O)O[C@H](C(=O)Nc2cc(C)ccc2C)c2ccccc2)c1C. The van der Waals surface area contributed by atoms with Gasteiger partial charge in [-0.1, -0.05) is 42.5 Å². The minimum Gasteiger partial charge on any atom is -0.443 e. The molecule has 3 rings (SSSR count). The van der Waals surface area contributed by atoms with Crippen molar-refractivity contribution in [3.63, 3.8) is 0 Å². The van der Waals surface area contributed by atoms with E-state index in [-0.39, 0.29) is 11.5 Å². The molecule has 1 aromatic heterocycles. The molecule has 0 bridgehead atoms. The maximum absolute atomic E-state index is 13.2. The smallest absolute Gasteiger partial charge is 0.356 e. The summed E-state index contributed by atoms with van der Waals surface area (Å²) in [7, 11) is 0. The van der Waals surface area contributed by atoms with Crippen LogP contribution in [-0.4, -0.2) is 22.6 Å². The number of hydrogen-bond acceptors (Lipinski definition) is 4. The van der Waals surface area contributed by atoms with Crippen molar-refractivity contribution in [2.75, 3.05) is 5.32 Å². The van der Waals surface area contributed by atoms with Crippen LogP contribution in [0, 0.1) is 27.7 Å². The van der Waals surface area contributed by atoms with Crippen LogP contribution in [0.25, 0.3) is 0 Å². The van der Waals surface area contributed by atoms with Crippen LogP contribution in [0.5, 0.6) is 0 Å². The molecule has 2 aromatic carbocycles. The predicted molar refractivity (Wildman–Crippen MR) is 119 cm³/mol. The molecule has 0 fully saturated rings.